The zero-order valence-corrected chi connectivity index (χ0v) is 12.5. The molecular formula is C15H21N5O. The van der Waals surface area contributed by atoms with E-state index in [2.05, 4.69) is 26.5 Å². The van der Waals surface area contributed by atoms with Crippen LogP contribution in [0.25, 0.3) is 0 Å². The van der Waals surface area contributed by atoms with Crippen LogP contribution in [0.3, 0.4) is 0 Å². The van der Waals surface area contributed by atoms with E-state index >= 15 is 0 Å². The highest BCUT2D eigenvalue weighted by Crippen LogP contribution is 2.26. The van der Waals surface area contributed by atoms with Gasteiger partial charge in [0, 0.05) is 51.4 Å². The van der Waals surface area contributed by atoms with Gasteiger partial charge in [0.2, 0.25) is 0 Å². The van der Waals surface area contributed by atoms with Gasteiger partial charge in [0.15, 0.2) is 5.96 Å². The lowest BCUT2D eigenvalue weighted by atomic mass is 10.0. The molecule has 2 aromatic heterocycles. The van der Waals surface area contributed by atoms with Crippen LogP contribution in [0.5, 0.6) is 0 Å². The van der Waals surface area contributed by atoms with Gasteiger partial charge >= 0.3 is 0 Å². The number of nitrogens with one attached hydrogen (secondary N) is 1. The van der Waals surface area contributed by atoms with Crippen molar-refractivity contribution >= 4 is 5.96 Å². The number of guanidine groups is 1. The maximum atomic E-state index is 5.08. The molecule has 6 nitrogen and oxygen atoms in total. The number of likely N-dealkylation sites (tertiary alicyclic amines) is 1. The second kappa shape index (κ2) is 6.03. The number of aromatic nitrogens is 2. The third-order valence-corrected chi connectivity index (χ3v) is 3.93. The summed E-state index contributed by atoms with van der Waals surface area (Å²) in [4.78, 5) is 6.69. The van der Waals surface area contributed by atoms with Gasteiger partial charge in [0.1, 0.15) is 0 Å². The van der Waals surface area contributed by atoms with Gasteiger partial charge in [-0.05, 0) is 18.1 Å². The molecule has 1 N–H and O–H groups in total. The maximum absolute atomic E-state index is 5.08. The Labute approximate surface area is 124 Å². The van der Waals surface area contributed by atoms with Crippen LogP contribution in [0.1, 0.15) is 23.5 Å². The summed E-state index contributed by atoms with van der Waals surface area (Å²) in [6, 6.07) is 1.96. The summed E-state index contributed by atoms with van der Waals surface area (Å²) in [5.74, 6) is 1.48. The minimum Gasteiger partial charge on any atom is -0.472 e. The molecule has 0 bridgehead atoms. The van der Waals surface area contributed by atoms with E-state index in [1.54, 1.807) is 12.5 Å². The van der Waals surface area contributed by atoms with Crippen molar-refractivity contribution in [2.75, 3.05) is 20.1 Å². The number of nitrogens with zero attached hydrogens (tertiary/aromatic N) is 4. The van der Waals surface area contributed by atoms with Crippen LogP contribution >= 0.6 is 0 Å². The fraction of sp³-hybridized carbons (Fsp3) is 0.467. The number of hydrogen-bond acceptors (Lipinski definition) is 3. The van der Waals surface area contributed by atoms with Crippen molar-refractivity contribution in [2.45, 2.75) is 18.9 Å². The van der Waals surface area contributed by atoms with Crippen LogP contribution in [-0.2, 0) is 13.6 Å². The van der Waals surface area contributed by atoms with Crippen molar-refractivity contribution < 1.29 is 4.42 Å². The van der Waals surface area contributed by atoms with E-state index in [0.29, 0.717) is 5.92 Å². The molecule has 6 heteroatoms. The first-order valence-electron chi connectivity index (χ1n) is 7.21. The first kappa shape index (κ1) is 13.7. The molecule has 1 aliphatic rings. The Bertz CT molecular complexity index is 601. The van der Waals surface area contributed by atoms with Crippen molar-refractivity contribution in [3.05, 3.63) is 42.1 Å². The fourth-order valence-corrected chi connectivity index (χ4v) is 2.78. The highest BCUT2D eigenvalue weighted by Gasteiger charge is 2.26. The van der Waals surface area contributed by atoms with Gasteiger partial charge in [-0.2, -0.15) is 5.10 Å². The molecule has 1 atom stereocenters. The minimum absolute atomic E-state index is 0.533. The maximum Gasteiger partial charge on any atom is 0.193 e. The molecule has 3 rings (SSSR count). The highest BCUT2D eigenvalue weighted by atomic mass is 16.3. The molecule has 0 amide bonds. The van der Waals surface area contributed by atoms with E-state index in [1.165, 1.54) is 5.56 Å². The van der Waals surface area contributed by atoms with E-state index in [9.17, 15) is 0 Å². The van der Waals surface area contributed by atoms with Crippen LogP contribution in [0.4, 0.5) is 0 Å². The van der Waals surface area contributed by atoms with E-state index in [-0.39, 0.29) is 0 Å². The van der Waals surface area contributed by atoms with E-state index in [0.717, 1.165) is 37.6 Å². The molecule has 1 unspecified atom stereocenters. The molecule has 1 saturated heterocycles. The molecule has 1 fully saturated rings. The Morgan fingerprint density at radius 2 is 2.48 bits per heavy atom. The van der Waals surface area contributed by atoms with Crippen molar-refractivity contribution in [3.63, 3.8) is 0 Å². The van der Waals surface area contributed by atoms with Gasteiger partial charge in [-0.15, -0.1) is 0 Å². The summed E-state index contributed by atoms with van der Waals surface area (Å²) in [6.07, 6.45) is 8.65. The quantitative estimate of drug-likeness (QED) is 0.688. The highest BCUT2D eigenvalue weighted by molar-refractivity contribution is 5.80. The van der Waals surface area contributed by atoms with E-state index in [4.69, 9.17) is 4.42 Å². The fourth-order valence-electron chi connectivity index (χ4n) is 2.78. The van der Waals surface area contributed by atoms with Crippen molar-refractivity contribution in [2.24, 2.45) is 12.0 Å². The average Bonchev–Trinajstić information content (AvgIpc) is 3.19. The normalized spacial score (nSPS) is 19.2. The van der Waals surface area contributed by atoms with Crippen molar-refractivity contribution in [1.82, 2.24) is 20.0 Å². The molecular weight excluding hydrogens is 266 g/mol. The Kier molecular flexibility index (Phi) is 3.94. The lowest BCUT2D eigenvalue weighted by molar-refractivity contribution is 0.485. The first-order chi connectivity index (χ1) is 10.3. The number of rotatable bonds is 3. The molecule has 0 aliphatic carbocycles. The summed E-state index contributed by atoms with van der Waals surface area (Å²) in [6.45, 7) is 2.73. The van der Waals surface area contributed by atoms with Crippen molar-refractivity contribution in [1.29, 1.82) is 0 Å². The Morgan fingerprint density at radius 3 is 3.14 bits per heavy atom. The van der Waals surface area contributed by atoms with Gasteiger partial charge < -0.3 is 14.6 Å². The van der Waals surface area contributed by atoms with Gasteiger partial charge in [0.05, 0.1) is 18.7 Å². The van der Waals surface area contributed by atoms with E-state index < -0.39 is 0 Å². The van der Waals surface area contributed by atoms with Crippen LogP contribution in [0.15, 0.2) is 40.4 Å². The molecule has 0 saturated carbocycles. The topological polar surface area (TPSA) is 58.6 Å². The Balaban J connectivity index is 1.58. The first-order valence-corrected chi connectivity index (χ1v) is 7.21. The van der Waals surface area contributed by atoms with Crippen LogP contribution < -0.4 is 5.32 Å². The summed E-state index contributed by atoms with van der Waals surface area (Å²) in [5, 5.41) is 7.65. The SMILES string of the molecule is CN=C(NCc1ccoc1)N1CCC(c2cnn(C)c2)C1. The zero-order valence-electron chi connectivity index (χ0n) is 12.5. The smallest absolute Gasteiger partial charge is 0.193 e. The molecule has 0 aromatic carbocycles. The number of furan rings is 1. The predicted molar refractivity (Wildman–Crippen MR) is 81.0 cm³/mol. The number of hydrogen-bond donors (Lipinski definition) is 1. The number of aliphatic imine (C=N–C) groups is 1. The second-order valence-electron chi connectivity index (χ2n) is 5.41. The third kappa shape index (κ3) is 3.09. The van der Waals surface area contributed by atoms with Crippen LogP contribution in [0.2, 0.25) is 0 Å². The van der Waals surface area contributed by atoms with E-state index in [1.807, 2.05) is 31.0 Å². The van der Waals surface area contributed by atoms with Crippen LogP contribution in [-0.4, -0.2) is 40.8 Å². The van der Waals surface area contributed by atoms with Crippen molar-refractivity contribution in [3.8, 4) is 0 Å². The van der Waals surface area contributed by atoms with Gasteiger partial charge in [-0.3, -0.25) is 9.67 Å². The van der Waals surface area contributed by atoms with Crippen LogP contribution in [0, 0.1) is 0 Å². The van der Waals surface area contributed by atoms with Gasteiger partial charge in [0.25, 0.3) is 0 Å². The Hall–Kier alpha value is -2.24. The molecule has 0 radical (unpaired) electrons. The monoisotopic (exact) mass is 287 g/mol. The Morgan fingerprint density at radius 1 is 1.57 bits per heavy atom. The summed E-state index contributed by atoms with van der Waals surface area (Å²) >= 11 is 0. The van der Waals surface area contributed by atoms with Gasteiger partial charge in [-0.25, -0.2) is 0 Å². The molecule has 1 aliphatic heterocycles. The second-order valence-corrected chi connectivity index (χ2v) is 5.41. The van der Waals surface area contributed by atoms with Gasteiger partial charge in [-0.1, -0.05) is 0 Å². The predicted octanol–water partition coefficient (Wildman–Crippen LogP) is 1.58. The molecule has 0 spiro atoms. The average molecular weight is 287 g/mol. The molecule has 3 heterocycles. The molecule has 2 aromatic rings. The molecule has 112 valence electrons. The number of aryl methyl sites for hydroxylation is 1. The largest absolute Gasteiger partial charge is 0.472 e. The standard InChI is InChI=1S/C15H21N5O/c1-16-15(17-7-12-4-6-21-11-12)20-5-3-13(10-20)14-8-18-19(2)9-14/h4,6,8-9,11,13H,3,5,7,10H2,1-2H3,(H,16,17). The third-order valence-electron chi connectivity index (χ3n) is 3.93. The zero-order chi connectivity index (χ0) is 14.7. The lowest BCUT2D eigenvalue weighted by Crippen LogP contribution is -2.39. The minimum atomic E-state index is 0.533. The lowest BCUT2D eigenvalue weighted by Gasteiger charge is -2.21. The molecule has 21 heavy (non-hydrogen) atoms. The summed E-state index contributed by atoms with van der Waals surface area (Å²) in [5.41, 5.74) is 2.43. The summed E-state index contributed by atoms with van der Waals surface area (Å²) < 4.78 is 6.95. The summed E-state index contributed by atoms with van der Waals surface area (Å²) in [7, 11) is 3.79.